The zero-order valence-electron chi connectivity index (χ0n) is 11.8. The molecule has 1 aliphatic rings. The number of para-hydroxylation sites is 1. The molecule has 2 aromatic carbocycles. The van der Waals surface area contributed by atoms with Crippen LogP contribution in [0.4, 0.5) is 5.69 Å². The predicted octanol–water partition coefficient (Wildman–Crippen LogP) is 4.65. The van der Waals surface area contributed by atoms with Crippen LogP contribution in [0.2, 0.25) is 0 Å². The normalized spacial score (nSPS) is 18.0. The highest BCUT2D eigenvalue weighted by molar-refractivity contribution is 9.10. The summed E-state index contributed by atoms with van der Waals surface area (Å²) in [7, 11) is 0. The van der Waals surface area contributed by atoms with Crippen molar-refractivity contribution in [2.24, 2.45) is 4.99 Å². The van der Waals surface area contributed by atoms with Crippen molar-refractivity contribution in [1.29, 1.82) is 0 Å². The maximum atomic E-state index is 12.1. The van der Waals surface area contributed by atoms with Gasteiger partial charge in [-0.05, 0) is 54.1 Å². The summed E-state index contributed by atoms with van der Waals surface area (Å²) in [6.45, 7) is 2.00. The van der Waals surface area contributed by atoms with Crippen LogP contribution in [-0.2, 0) is 4.79 Å². The average molecular weight is 373 g/mol. The molecule has 1 heterocycles. The molecule has 0 aliphatic carbocycles. The first kappa shape index (κ1) is 15.1. The molecule has 1 saturated heterocycles. The Kier molecular flexibility index (Phi) is 4.45. The lowest BCUT2D eigenvalue weighted by molar-refractivity contribution is -0.115. The minimum atomic E-state index is -0.114. The van der Waals surface area contributed by atoms with Crippen LogP contribution in [-0.4, -0.2) is 11.1 Å². The van der Waals surface area contributed by atoms with Crippen molar-refractivity contribution in [3.8, 4) is 0 Å². The SMILES string of the molecule is Cc1ccccc1N=C1NC(=O)/C(=C/c2cccc(Br)c2)S1. The van der Waals surface area contributed by atoms with Gasteiger partial charge in [-0.3, -0.25) is 4.79 Å². The molecule has 0 saturated carbocycles. The molecule has 1 aliphatic heterocycles. The van der Waals surface area contributed by atoms with Crippen molar-refractivity contribution in [2.75, 3.05) is 0 Å². The summed E-state index contributed by atoms with van der Waals surface area (Å²) in [6.07, 6.45) is 1.87. The molecule has 0 radical (unpaired) electrons. The molecule has 0 spiro atoms. The number of amidine groups is 1. The van der Waals surface area contributed by atoms with E-state index in [1.54, 1.807) is 0 Å². The fraction of sp³-hybridized carbons (Fsp3) is 0.0588. The number of hydrogen-bond acceptors (Lipinski definition) is 3. The number of rotatable bonds is 2. The van der Waals surface area contributed by atoms with E-state index in [9.17, 15) is 4.79 Å². The zero-order valence-corrected chi connectivity index (χ0v) is 14.2. The molecule has 0 bridgehead atoms. The van der Waals surface area contributed by atoms with Gasteiger partial charge in [0.2, 0.25) is 0 Å². The fourth-order valence-corrected chi connectivity index (χ4v) is 3.28. The third kappa shape index (κ3) is 3.48. The van der Waals surface area contributed by atoms with Gasteiger partial charge in [-0.1, -0.05) is 46.3 Å². The Labute approximate surface area is 141 Å². The van der Waals surface area contributed by atoms with Gasteiger partial charge in [0.15, 0.2) is 5.17 Å². The van der Waals surface area contributed by atoms with E-state index in [0.717, 1.165) is 21.3 Å². The van der Waals surface area contributed by atoms with Crippen LogP contribution in [0, 0.1) is 6.92 Å². The Morgan fingerprint density at radius 3 is 2.77 bits per heavy atom. The first-order valence-electron chi connectivity index (χ1n) is 6.72. The van der Waals surface area contributed by atoms with Gasteiger partial charge in [0, 0.05) is 4.47 Å². The molecule has 1 fully saturated rings. The predicted molar refractivity (Wildman–Crippen MR) is 96.1 cm³/mol. The van der Waals surface area contributed by atoms with Gasteiger partial charge in [0.25, 0.3) is 5.91 Å². The molecule has 0 unspecified atom stereocenters. The Bertz CT molecular complexity index is 799. The number of thioether (sulfide) groups is 1. The first-order chi connectivity index (χ1) is 10.6. The van der Waals surface area contributed by atoms with Crippen LogP contribution in [0.25, 0.3) is 6.08 Å². The number of benzene rings is 2. The van der Waals surface area contributed by atoms with Gasteiger partial charge >= 0.3 is 0 Å². The molecule has 3 rings (SSSR count). The molecule has 1 N–H and O–H groups in total. The highest BCUT2D eigenvalue weighted by Gasteiger charge is 2.23. The standard InChI is InChI=1S/C17H13BrN2OS/c1-11-5-2-3-8-14(11)19-17-20-16(21)15(22-17)10-12-6-4-7-13(18)9-12/h2-10H,1H3,(H,19,20,21)/b15-10-. The van der Waals surface area contributed by atoms with E-state index in [-0.39, 0.29) is 5.91 Å². The molecule has 22 heavy (non-hydrogen) atoms. The second-order valence-corrected chi connectivity index (χ2v) is 6.77. The van der Waals surface area contributed by atoms with Gasteiger partial charge in [0.05, 0.1) is 10.6 Å². The molecule has 1 amide bonds. The van der Waals surface area contributed by atoms with E-state index in [1.807, 2.05) is 61.5 Å². The number of halogens is 1. The summed E-state index contributed by atoms with van der Waals surface area (Å²) >= 11 is 4.79. The number of aliphatic imine (C=N–C) groups is 1. The summed E-state index contributed by atoms with van der Waals surface area (Å²) in [5.74, 6) is -0.114. The third-order valence-electron chi connectivity index (χ3n) is 3.13. The summed E-state index contributed by atoms with van der Waals surface area (Å²) in [6, 6.07) is 15.7. The maximum absolute atomic E-state index is 12.1. The molecule has 5 heteroatoms. The van der Waals surface area contributed by atoms with Crippen LogP contribution in [0.15, 0.2) is 62.9 Å². The minimum absolute atomic E-state index is 0.114. The van der Waals surface area contributed by atoms with E-state index in [4.69, 9.17) is 0 Å². The number of nitrogens with zero attached hydrogens (tertiary/aromatic N) is 1. The maximum Gasteiger partial charge on any atom is 0.264 e. The van der Waals surface area contributed by atoms with Gasteiger partial charge in [-0.15, -0.1) is 0 Å². The Balaban J connectivity index is 1.86. The third-order valence-corrected chi connectivity index (χ3v) is 4.54. The monoisotopic (exact) mass is 372 g/mol. The van der Waals surface area contributed by atoms with Crippen molar-refractivity contribution in [3.05, 3.63) is 69.0 Å². The second-order valence-electron chi connectivity index (χ2n) is 4.82. The van der Waals surface area contributed by atoms with Gasteiger partial charge in [-0.25, -0.2) is 4.99 Å². The summed E-state index contributed by atoms with van der Waals surface area (Å²) in [5.41, 5.74) is 2.92. The van der Waals surface area contributed by atoms with Crippen LogP contribution in [0.5, 0.6) is 0 Å². The van der Waals surface area contributed by atoms with E-state index in [2.05, 4.69) is 26.2 Å². The van der Waals surface area contributed by atoms with Gasteiger partial charge < -0.3 is 5.32 Å². The molecule has 0 atom stereocenters. The number of nitrogens with one attached hydrogen (secondary N) is 1. The Morgan fingerprint density at radius 2 is 2.00 bits per heavy atom. The molecule has 0 aromatic heterocycles. The number of amides is 1. The molecular formula is C17H13BrN2OS. The largest absolute Gasteiger partial charge is 0.300 e. The average Bonchev–Trinajstić information content (AvgIpc) is 2.81. The van der Waals surface area contributed by atoms with Crippen LogP contribution in [0.1, 0.15) is 11.1 Å². The lowest BCUT2D eigenvalue weighted by atomic mass is 10.2. The van der Waals surface area contributed by atoms with Crippen molar-refractivity contribution >= 4 is 50.5 Å². The number of hydrogen-bond donors (Lipinski definition) is 1. The highest BCUT2D eigenvalue weighted by Crippen LogP contribution is 2.29. The zero-order chi connectivity index (χ0) is 15.5. The van der Waals surface area contributed by atoms with E-state index in [0.29, 0.717) is 10.1 Å². The van der Waals surface area contributed by atoms with E-state index >= 15 is 0 Å². The lowest BCUT2D eigenvalue weighted by Gasteiger charge is -1.99. The van der Waals surface area contributed by atoms with Crippen molar-refractivity contribution < 1.29 is 4.79 Å². The van der Waals surface area contributed by atoms with E-state index < -0.39 is 0 Å². The first-order valence-corrected chi connectivity index (χ1v) is 8.33. The quantitative estimate of drug-likeness (QED) is 0.779. The molecule has 3 nitrogen and oxygen atoms in total. The molecular weight excluding hydrogens is 360 g/mol. The molecule has 110 valence electrons. The Morgan fingerprint density at radius 1 is 1.18 bits per heavy atom. The van der Waals surface area contributed by atoms with Crippen LogP contribution in [0.3, 0.4) is 0 Å². The fourth-order valence-electron chi connectivity index (χ4n) is 2.03. The molecule has 2 aromatic rings. The second kappa shape index (κ2) is 6.50. The van der Waals surface area contributed by atoms with Crippen LogP contribution >= 0.6 is 27.7 Å². The summed E-state index contributed by atoms with van der Waals surface area (Å²) in [4.78, 5) is 17.2. The summed E-state index contributed by atoms with van der Waals surface area (Å²) < 4.78 is 0.985. The van der Waals surface area contributed by atoms with Crippen molar-refractivity contribution in [2.45, 2.75) is 6.92 Å². The topological polar surface area (TPSA) is 41.5 Å². The van der Waals surface area contributed by atoms with Crippen molar-refractivity contribution in [1.82, 2.24) is 5.32 Å². The smallest absolute Gasteiger partial charge is 0.264 e. The highest BCUT2D eigenvalue weighted by atomic mass is 79.9. The van der Waals surface area contributed by atoms with Gasteiger partial charge in [-0.2, -0.15) is 0 Å². The number of aryl methyl sites for hydroxylation is 1. The Hall–Kier alpha value is -1.85. The number of carbonyl (C=O) groups excluding carboxylic acids is 1. The van der Waals surface area contributed by atoms with Crippen LogP contribution < -0.4 is 5.32 Å². The number of carbonyl (C=O) groups is 1. The van der Waals surface area contributed by atoms with Gasteiger partial charge in [0.1, 0.15) is 0 Å². The van der Waals surface area contributed by atoms with E-state index in [1.165, 1.54) is 11.8 Å². The summed E-state index contributed by atoms with van der Waals surface area (Å²) in [5, 5.41) is 3.42. The van der Waals surface area contributed by atoms with Crippen molar-refractivity contribution in [3.63, 3.8) is 0 Å². The lowest BCUT2D eigenvalue weighted by Crippen LogP contribution is -2.19. The minimum Gasteiger partial charge on any atom is -0.300 e.